The second kappa shape index (κ2) is 3.97. The molecule has 2 heteroatoms. The summed E-state index contributed by atoms with van der Waals surface area (Å²) in [5, 5.41) is 0. The lowest BCUT2D eigenvalue weighted by Gasteiger charge is -2.25. The van der Waals surface area contributed by atoms with E-state index >= 15 is 0 Å². The summed E-state index contributed by atoms with van der Waals surface area (Å²) < 4.78 is 1.17. The van der Waals surface area contributed by atoms with Gasteiger partial charge in [-0.3, -0.25) is 0 Å². The average molecular weight is 185 g/mol. The van der Waals surface area contributed by atoms with Gasteiger partial charge in [0, 0.05) is 6.04 Å². The summed E-state index contributed by atoms with van der Waals surface area (Å²) in [6.07, 6.45) is 2.67. The maximum Gasteiger partial charge on any atom is 0.135 e. The molecule has 1 heterocycles. The highest BCUT2D eigenvalue weighted by molar-refractivity contribution is 4.76. The average Bonchev–Trinajstić information content (AvgIpc) is 2.26. The van der Waals surface area contributed by atoms with Gasteiger partial charge in [-0.1, -0.05) is 13.3 Å². The summed E-state index contributed by atoms with van der Waals surface area (Å²) in [4.78, 5) is 2.66. The van der Waals surface area contributed by atoms with E-state index in [4.69, 9.17) is 0 Å². The number of likely N-dealkylation sites (N-methyl/N-ethyl adjacent to an activating group) is 1. The topological polar surface area (TPSA) is 3.24 Å². The molecule has 0 spiro atoms. The van der Waals surface area contributed by atoms with Gasteiger partial charge in [-0.05, 0) is 20.3 Å². The van der Waals surface area contributed by atoms with Crippen LogP contribution in [0.5, 0.6) is 0 Å². The third kappa shape index (κ3) is 2.68. The van der Waals surface area contributed by atoms with Gasteiger partial charge in [0.05, 0.1) is 26.7 Å². The van der Waals surface area contributed by atoms with Crippen molar-refractivity contribution in [3.05, 3.63) is 0 Å². The van der Waals surface area contributed by atoms with Crippen molar-refractivity contribution in [2.45, 2.75) is 45.7 Å². The first-order chi connectivity index (χ1) is 5.96. The Morgan fingerprint density at radius 2 is 2.00 bits per heavy atom. The predicted octanol–water partition coefficient (Wildman–Crippen LogP) is 1.91. The van der Waals surface area contributed by atoms with E-state index in [0.717, 1.165) is 6.04 Å². The van der Waals surface area contributed by atoms with Crippen LogP contribution in [-0.2, 0) is 0 Å². The zero-order chi connectivity index (χ0) is 10.1. The number of quaternary nitrogens is 1. The Hall–Kier alpha value is -0.0800. The Kier molecular flexibility index (Phi) is 3.36. The fourth-order valence-electron chi connectivity index (χ4n) is 2.47. The molecular weight excluding hydrogens is 160 g/mol. The van der Waals surface area contributed by atoms with E-state index in [9.17, 15) is 0 Å². The van der Waals surface area contributed by atoms with E-state index in [2.05, 4.69) is 39.8 Å². The van der Waals surface area contributed by atoms with Crippen LogP contribution in [-0.4, -0.2) is 48.8 Å². The van der Waals surface area contributed by atoms with E-state index in [0.29, 0.717) is 6.04 Å². The molecule has 0 bridgehead atoms. The fourth-order valence-corrected chi connectivity index (χ4v) is 2.47. The lowest BCUT2D eigenvalue weighted by Crippen LogP contribution is -2.40. The van der Waals surface area contributed by atoms with Gasteiger partial charge in [-0.15, -0.1) is 0 Å². The molecule has 1 aliphatic rings. The summed E-state index contributed by atoms with van der Waals surface area (Å²) in [6, 6.07) is 1.52. The monoisotopic (exact) mass is 185 g/mol. The molecular formula is C11H25N2+. The molecule has 1 unspecified atom stereocenters. The Labute approximate surface area is 83.1 Å². The Morgan fingerprint density at radius 3 is 2.46 bits per heavy atom. The smallest absolute Gasteiger partial charge is 0.135 e. The van der Waals surface area contributed by atoms with Gasteiger partial charge in [0.25, 0.3) is 0 Å². The molecule has 1 rings (SSSR count). The maximum absolute atomic E-state index is 2.66. The molecule has 0 radical (unpaired) electrons. The first-order valence-electron chi connectivity index (χ1n) is 5.54. The molecule has 13 heavy (non-hydrogen) atoms. The SMILES string of the molecule is CCCC1C[N+](C)(C)CN1C(C)C. The standard InChI is InChI=1S/C11H25N2/c1-6-7-11-8-13(4,5)9-12(11)10(2)3/h10-11H,6-9H2,1-5H3/q+1. The van der Waals surface area contributed by atoms with E-state index in [1.807, 2.05) is 0 Å². The van der Waals surface area contributed by atoms with Crippen molar-refractivity contribution in [2.24, 2.45) is 0 Å². The van der Waals surface area contributed by atoms with Crippen molar-refractivity contribution < 1.29 is 4.48 Å². The van der Waals surface area contributed by atoms with Crippen LogP contribution in [0.2, 0.25) is 0 Å². The molecule has 0 N–H and O–H groups in total. The Balaban J connectivity index is 2.60. The summed E-state index contributed by atoms with van der Waals surface area (Å²) in [6.45, 7) is 9.47. The van der Waals surface area contributed by atoms with Crippen LogP contribution in [0.4, 0.5) is 0 Å². The van der Waals surface area contributed by atoms with Crippen molar-refractivity contribution >= 4 is 0 Å². The summed E-state index contributed by atoms with van der Waals surface area (Å²) in [5.41, 5.74) is 0. The number of hydrogen-bond donors (Lipinski definition) is 0. The molecule has 0 saturated carbocycles. The molecule has 78 valence electrons. The summed E-state index contributed by atoms with van der Waals surface area (Å²) >= 11 is 0. The second-order valence-corrected chi connectivity index (χ2v) is 5.31. The molecule has 0 aromatic heterocycles. The Bertz CT molecular complexity index is 163. The van der Waals surface area contributed by atoms with Gasteiger partial charge >= 0.3 is 0 Å². The lowest BCUT2D eigenvalue weighted by molar-refractivity contribution is -0.883. The van der Waals surface area contributed by atoms with Gasteiger partial charge in [0.15, 0.2) is 0 Å². The van der Waals surface area contributed by atoms with Crippen molar-refractivity contribution in [3.63, 3.8) is 0 Å². The van der Waals surface area contributed by atoms with Crippen LogP contribution in [0.1, 0.15) is 33.6 Å². The maximum atomic E-state index is 2.66. The minimum atomic E-state index is 0.705. The minimum Gasteiger partial charge on any atom is -0.315 e. The van der Waals surface area contributed by atoms with Crippen molar-refractivity contribution in [2.75, 3.05) is 27.3 Å². The minimum absolute atomic E-state index is 0.705. The molecule has 1 saturated heterocycles. The van der Waals surface area contributed by atoms with E-state index in [1.54, 1.807) is 0 Å². The van der Waals surface area contributed by atoms with Crippen LogP contribution < -0.4 is 0 Å². The largest absolute Gasteiger partial charge is 0.315 e. The molecule has 0 aromatic carbocycles. The predicted molar refractivity (Wildman–Crippen MR) is 57.5 cm³/mol. The second-order valence-electron chi connectivity index (χ2n) is 5.31. The van der Waals surface area contributed by atoms with Gasteiger partial charge in [0.2, 0.25) is 0 Å². The lowest BCUT2D eigenvalue weighted by atomic mass is 10.1. The first kappa shape index (κ1) is 11.0. The zero-order valence-corrected chi connectivity index (χ0v) is 9.88. The van der Waals surface area contributed by atoms with Crippen LogP contribution in [0, 0.1) is 0 Å². The normalized spacial score (nSPS) is 28.6. The van der Waals surface area contributed by atoms with Gasteiger partial charge < -0.3 is 4.48 Å². The van der Waals surface area contributed by atoms with Gasteiger partial charge in [0.1, 0.15) is 6.67 Å². The number of hydrogen-bond acceptors (Lipinski definition) is 1. The molecule has 1 aliphatic heterocycles. The third-order valence-electron chi connectivity index (χ3n) is 3.01. The fraction of sp³-hybridized carbons (Fsp3) is 1.00. The molecule has 0 aliphatic carbocycles. The zero-order valence-electron chi connectivity index (χ0n) is 9.88. The van der Waals surface area contributed by atoms with E-state index < -0.39 is 0 Å². The number of nitrogens with zero attached hydrogens (tertiary/aromatic N) is 2. The highest BCUT2D eigenvalue weighted by atomic mass is 15.5. The highest BCUT2D eigenvalue weighted by Crippen LogP contribution is 2.23. The molecule has 1 atom stereocenters. The van der Waals surface area contributed by atoms with E-state index in [-0.39, 0.29) is 0 Å². The van der Waals surface area contributed by atoms with Crippen LogP contribution in [0.15, 0.2) is 0 Å². The molecule has 2 nitrogen and oxygen atoms in total. The van der Waals surface area contributed by atoms with Crippen molar-refractivity contribution in [3.8, 4) is 0 Å². The molecule has 0 aromatic rings. The van der Waals surface area contributed by atoms with Gasteiger partial charge in [-0.2, -0.15) is 0 Å². The number of rotatable bonds is 3. The third-order valence-corrected chi connectivity index (χ3v) is 3.01. The van der Waals surface area contributed by atoms with Crippen LogP contribution >= 0.6 is 0 Å². The Morgan fingerprint density at radius 1 is 1.38 bits per heavy atom. The summed E-state index contributed by atoms with van der Waals surface area (Å²) in [7, 11) is 4.68. The van der Waals surface area contributed by atoms with E-state index in [1.165, 1.54) is 30.5 Å². The van der Waals surface area contributed by atoms with Crippen LogP contribution in [0.3, 0.4) is 0 Å². The molecule has 0 amide bonds. The van der Waals surface area contributed by atoms with Gasteiger partial charge in [-0.25, -0.2) is 4.90 Å². The van der Waals surface area contributed by atoms with Crippen LogP contribution in [0.25, 0.3) is 0 Å². The van der Waals surface area contributed by atoms with Crippen molar-refractivity contribution in [1.82, 2.24) is 4.90 Å². The molecule has 1 fully saturated rings. The quantitative estimate of drug-likeness (QED) is 0.607. The highest BCUT2D eigenvalue weighted by Gasteiger charge is 2.38. The summed E-state index contributed by atoms with van der Waals surface area (Å²) in [5.74, 6) is 0. The van der Waals surface area contributed by atoms with Crippen molar-refractivity contribution in [1.29, 1.82) is 0 Å². The first-order valence-corrected chi connectivity index (χ1v) is 5.54.